The maximum atomic E-state index is 11.4. The molecular formula is C23H36ClN5O. The van der Waals surface area contributed by atoms with Crippen LogP contribution in [0.1, 0.15) is 50.6 Å². The molecule has 6 nitrogen and oxygen atoms in total. The van der Waals surface area contributed by atoms with Gasteiger partial charge in [-0.05, 0) is 75.7 Å². The highest BCUT2D eigenvalue weighted by molar-refractivity contribution is 6.30. The first kappa shape index (κ1) is 22.9. The van der Waals surface area contributed by atoms with Crippen LogP contribution < -0.4 is 11.1 Å². The van der Waals surface area contributed by atoms with Crippen LogP contribution in [0.5, 0.6) is 0 Å². The molecule has 3 unspecified atom stereocenters. The molecule has 7 heteroatoms. The van der Waals surface area contributed by atoms with E-state index in [0.29, 0.717) is 24.3 Å². The van der Waals surface area contributed by atoms with Gasteiger partial charge in [-0.25, -0.2) is 0 Å². The zero-order valence-electron chi connectivity index (χ0n) is 18.3. The molecule has 0 aliphatic carbocycles. The van der Waals surface area contributed by atoms with Crippen LogP contribution in [0.2, 0.25) is 5.02 Å². The minimum atomic E-state index is -0.210. The SMILES string of the molecule is CCNC(=NCC1CCCN(C)C1c1cccc(Cl)c1)N1CCCC(CC(N)=O)C1. The molecule has 2 aliphatic rings. The van der Waals surface area contributed by atoms with Crippen molar-refractivity contribution in [1.82, 2.24) is 15.1 Å². The van der Waals surface area contributed by atoms with E-state index in [1.807, 2.05) is 12.1 Å². The summed E-state index contributed by atoms with van der Waals surface area (Å²) < 4.78 is 0. The van der Waals surface area contributed by atoms with Crippen molar-refractivity contribution in [3.8, 4) is 0 Å². The molecule has 30 heavy (non-hydrogen) atoms. The van der Waals surface area contributed by atoms with Gasteiger partial charge in [-0.15, -0.1) is 0 Å². The highest BCUT2D eigenvalue weighted by atomic mass is 35.5. The Hall–Kier alpha value is -1.79. The summed E-state index contributed by atoms with van der Waals surface area (Å²) in [4.78, 5) is 21.2. The lowest BCUT2D eigenvalue weighted by Crippen LogP contribution is -2.47. The lowest BCUT2D eigenvalue weighted by Gasteiger charge is -2.39. The first-order valence-corrected chi connectivity index (χ1v) is 11.6. The number of amides is 1. The van der Waals surface area contributed by atoms with Crippen molar-refractivity contribution in [3.63, 3.8) is 0 Å². The first-order chi connectivity index (χ1) is 14.5. The Morgan fingerprint density at radius 1 is 1.30 bits per heavy atom. The number of benzene rings is 1. The van der Waals surface area contributed by atoms with Gasteiger partial charge in [-0.1, -0.05) is 23.7 Å². The number of carbonyl (C=O) groups is 1. The van der Waals surface area contributed by atoms with Crippen LogP contribution in [0.15, 0.2) is 29.3 Å². The van der Waals surface area contributed by atoms with Gasteiger partial charge < -0.3 is 16.0 Å². The molecule has 2 saturated heterocycles. The monoisotopic (exact) mass is 433 g/mol. The van der Waals surface area contributed by atoms with E-state index >= 15 is 0 Å². The highest BCUT2D eigenvalue weighted by Crippen LogP contribution is 2.36. The zero-order chi connectivity index (χ0) is 21.5. The molecule has 166 valence electrons. The van der Waals surface area contributed by atoms with Crippen LogP contribution in [-0.2, 0) is 4.79 Å². The van der Waals surface area contributed by atoms with Crippen molar-refractivity contribution >= 4 is 23.5 Å². The third kappa shape index (κ3) is 6.11. The summed E-state index contributed by atoms with van der Waals surface area (Å²) >= 11 is 6.28. The smallest absolute Gasteiger partial charge is 0.217 e. The number of halogens is 1. The predicted molar refractivity (Wildman–Crippen MR) is 124 cm³/mol. The Kier molecular flexibility index (Phi) is 8.40. The molecule has 1 aromatic rings. The van der Waals surface area contributed by atoms with E-state index in [2.05, 4.69) is 41.2 Å². The second kappa shape index (κ2) is 11.0. The molecule has 1 amide bonds. The van der Waals surface area contributed by atoms with Gasteiger partial charge in [0.2, 0.25) is 5.91 Å². The maximum absolute atomic E-state index is 11.4. The molecule has 1 aromatic carbocycles. The quantitative estimate of drug-likeness (QED) is 0.533. The van der Waals surface area contributed by atoms with Crippen molar-refractivity contribution in [2.24, 2.45) is 22.6 Å². The van der Waals surface area contributed by atoms with E-state index in [9.17, 15) is 4.79 Å². The summed E-state index contributed by atoms with van der Waals surface area (Å²) in [6, 6.07) is 8.57. The number of guanidine groups is 1. The Bertz CT molecular complexity index is 740. The van der Waals surface area contributed by atoms with E-state index in [1.54, 1.807) is 0 Å². The molecule has 3 N–H and O–H groups in total. The van der Waals surface area contributed by atoms with Gasteiger partial charge in [0.05, 0.1) is 0 Å². The Morgan fingerprint density at radius 2 is 2.10 bits per heavy atom. The molecule has 3 atom stereocenters. The van der Waals surface area contributed by atoms with Crippen LogP contribution in [-0.4, -0.2) is 61.4 Å². The highest BCUT2D eigenvalue weighted by Gasteiger charge is 2.31. The largest absolute Gasteiger partial charge is 0.370 e. The number of aliphatic imine (C=N–C) groups is 1. The number of hydrogen-bond acceptors (Lipinski definition) is 3. The van der Waals surface area contributed by atoms with Crippen molar-refractivity contribution in [2.45, 2.75) is 45.1 Å². The molecule has 0 radical (unpaired) electrons. The molecule has 0 spiro atoms. The van der Waals surface area contributed by atoms with Gasteiger partial charge in [-0.2, -0.15) is 0 Å². The van der Waals surface area contributed by atoms with Crippen LogP contribution in [0.3, 0.4) is 0 Å². The molecule has 0 saturated carbocycles. The van der Waals surface area contributed by atoms with E-state index in [0.717, 1.165) is 63.0 Å². The molecule has 2 aliphatic heterocycles. The van der Waals surface area contributed by atoms with Gasteiger partial charge >= 0.3 is 0 Å². The van der Waals surface area contributed by atoms with Crippen LogP contribution in [0.25, 0.3) is 0 Å². The minimum absolute atomic E-state index is 0.210. The van der Waals surface area contributed by atoms with Crippen LogP contribution >= 0.6 is 11.6 Å². The molecular weight excluding hydrogens is 398 g/mol. The topological polar surface area (TPSA) is 74.0 Å². The first-order valence-electron chi connectivity index (χ1n) is 11.2. The average Bonchev–Trinajstić information content (AvgIpc) is 2.71. The summed E-state index contributed by atoms with van der Waals surface area (Å²) in [6.07, 6.45) is 4.94. The number of piperidine rings is 2. The summed E-state index contributed by atoms with van der Waals surface area (Å²) in [5, 5.41) is 4.25. The number of nitrogens with one attached hydrogen (secondary N) is 1. The summed E-state index contributed by atoms with van der Waals surface area (Å²) in [5.74, 6) is 1.52. The van der Waals surface area contributed by atoms with E-state index < -0.39 is 0 Å². The number of likely N-dealkylation sites (tertiary alicyclic amines) is 2. The van der Waals surface area contributed by atoms with Crippen molar-refractivity contribution in [2.75, 3.05) is 39.8 Å². The number of carbonyl (C=O) groups excluding carboxylic acids is 1. The molecule has 3 rings (SSSR count). The fourth-order valence-corrected chi connectivity index (χ4v) is 5.20. The fourth-order valence-electron chi connectivity index (χ4n) is 5.01. The molecule has 0 bridgehead atoms. The zero-order valence-corrected chi connectivity index (χ0v) is 19.1. The maximum Gasteiger partial charge on any atom is 0.217 e. The van der Waals surface area contributed by atoms with Gasteiger partial charge in [0.25, 0.3) is 0 Å². The average molecular weight is 434 g/mol. The summed E-state index contributed by atoms with van der Waals surface area (Å²) in [6.45, 7) is 6.63. The normalized spacial score (nSPS) is 25.9. The second-order valence-electron chi connectivity index (χ2n) is 8.70. The number of hydrogen-bond donors (Lipinski definition) is 2. The van der Waals surface area contributed by atoms with Crippen LogP contribution in [0.4, 0.5) is 0 Å². The van der Waals surface area contributed by atoms with Crippen LogP contribution in [0, 0.1) is 11.8 Å². The molecule has 2 heterocycles. The predicted octanol–water partition coefficient (Wildman–Crippen LogP) is 3.28. The lowest BCUT2D eigenvalue weighted by atomic mass is 9.85. The van der Waals surface area contributed by atoms with Crippen molar-refractivity contribution < 1.29 is 4.79 Å². The standard InChI is InChI=1S/C23H36ClN5O/c1-3-26-23(29-12-5-7-17(16-29)13-21(25)30)27-15-19-9-6-11-28(2)22(19)18-8-4-10-20(24)14-18/h4,8,10,14,17,19,22H,3,5-7,9,11-13,15-16H2,1-2H3,(H2,25,30)(H,26,27). The number of nitrogens with zero attached hydrogens (tertiary/aromatic N) is 3. The Balaban J connectivity index is 1.74. The fraction of sp³-hybridized carbons (Fsp3) is 0.652. The summed E-state index contributed by atoms with van der Waals surface area (Å²) in [5.41, 5.74) is 6.71. The molecule has 2 fully saturated rings. The summed E-state index contributed by atoms with van der Waals surface area (Å²) in [7, 11) is 2.20. The number of nitrogens with two attached hydrogens (primary N) is 1. The third-order valence-electron chi connectivity index (χ3n) is 6.32. The minimum Gasteiger partial charge on any atom is -0.370 e. The van der Waals surface area contributed by atoms with Gasteiger partial charge in [0.1, 0.15) is 0 Å². The molecule has 0 aromatic heterocycles. The van der Waals surface area contributed by atoms with E-state index in [-0.39, 0.29) is 5.91 Å². The van der Waals surface area contributed by atoms with Gasteiger partial charge in [0, 0.05) is 43.7 Å². The van der Waals surface area contributed by atoms with E-state index in [4.69, 9.17) is 22.3 Å². The Labute approximate surface area is 185 Å². The second-order valence-corrected chi connectivity index (χ2v) is 9.14. The van der Waals surface area contributed by atoms with Gasteiger partial charge in [-0.3, -0.25) is 14.7 Å². The van der Waals surface area contributed by atoms with E-state index in [1.165, 1.54) is 12.0 Å². The number of primary amides is 1. The van der Waals surface area contributed by atoms with Gasteiger partial charge in [0.15, 0.2) is 5.96 Å². The van der Waals surface area contributed by atoms with Crippen molar-refractivity contribution in [1.29, 1.82) is 0 Å². The third-order valence-corrected chi connectivity index (χ3v) is 6.55. The van der Waals surface area contributed by atoms with Crippen molar-refractivity contribution in [3.05, 3.63) is 34.9 Å². The lowest BCUT2D eigenvalue weighted by molar-refractivity contribution is -0.119. The number of rotatable bonds is 6. The Morgan fingerprint density at radius 3 is 2.83 bits per heavy atom.